The van der Waals surface area contributed by atoms with E-state index in [9.17, 15) is 0 Å². The molecular weight excluding hydrogens is 206 g/mol. The fraction of sp³-hybridized carbons (Fsp3) is 0.625. The van der Waals surface area contributed by atoms with Crippen molar-refractivity contribution in [1.29, 1.82) is 0 Å². The highest BCUT2D eigenvalue weighted by Crippen LogP contribution is 2.22. The van der Waals surface area contributed by atoms with Gasteiger partial charge in [-0.1, -0.05) is 36.2 Å². The molecule has 0 N–H and O–H groups in total. The summed E-state index contributed by atoms with van der Waals surface area (Å²) in [6, 6.07) is 10.5. The van der Waals surface area contributed by atoms with Crippen molar-refractivity contribution in [1.82, 2.24) is 4.90 Å². The molecule has 1 aliphatic rings. The second kappa shape index (κ2) is 5.68. The molecule has 0 aromatic heterocycles. The van der Waals surface area contributed by atoms with Gasteiger partial charge < -0.3 is 0 Å². The summed E-state index contributed by atoms with van der Waals surface area (Å²) in [5.41, 5.74) is 2.86. The van der Waals surface area contributed by atoms with Crippen molar-refractivity contribution < 1.29 is 0 Å². The Morgan fingerprint density at radius 2 is 1.88 bits per heavy atom. The highest BCUT2D eigenvalue weighted by atomic mass is 15.2. The average molecular weight is 231 g/mol. The zero-order valence-electron chi connectivity index (χ0n) is 11.4. The summed E-state index contributed by atoms with van der Waals surface area (Å²) >= 11 is 0. The van der Waals surface area contributed by atoms with E-state index in [0.29, 0.717) is 0 Å². The third-order valence-electron chi connectivity index (χ3n) is 4.12. The molecule has 1 nitrogen and oxygen atoms in total. The second-order valence-corrected chi connectivity index (χ2v) is 5.61. The maximum atomic E-state index is 2.69. The topological polar surface area (TPSA) is 3.24 Å². The van der Waals surface area contributed by atoms with Gasteiger partial charge in [0.2, 0.25) is 0 Å². The molecule has 0 radical (unpaired) electrons. The lowest BCUT2D eigenvalue weighted by Gasteiger charge is -2.39. The first-order chi connectivity index (χ1) is 8.16. The minimum atomic E-state index is 0.767. The van der Waals surface area contributed by atoms with E-state index in [1.165, 1.54) is 43.4 Å². The third-order valence-corrected chi connectivity index (χ3v) is 4.12. The van der Waals surface area contributed by atoms with Crippen LogP contribution in [0.4, 0.5) is 0 Å². The molecule has 0 amide bonds. The molecule has 2 unspecified atom stereocenters. The number of rotatable bonds is 3. The monoisotopic (exact) mass is 231 g/mol. The predicted molar refractivity (Wildman–Crippen MR) is 74.4 cm³/mol. The number of hydrogen-bond donors (Lipinski definition) is 0. The molecule has 2 atom stereocenters. The fourth-order valence-corrected chi connectivity index (χ4v) is 3.04. The maximum Gasteiger partial charge on any atom is 0.00698 e. The standard InChI is InChI=1S/C16H25N/c1-13-6-4-9-16(12-13)10-11-17-14(2)7-5-8-15(17)3/h4,6,9,12,14-15H,5,7-8,10-11H2,1-3H3. The van der Waals surface area contributed by atoms with Crippen LogP contribution in [0.1, 0.15) is 44.2 Å². The van der Waals surface area contributed by atoms with E-state index in [-0.39, 0.29) is 0 Å². The van der Waals surface area contributed by atoms with Crippen molar-refractivity contribution in [3.05, 3.63) is 35.4 Å². The Balaban J connectivity index is 1.92. The molecule has 1 heteroatoms. The van der Waals surface area contributed by atoms with E-state index in [1.54, 1.807) is 0 Å². The maximum absolute atomic E-state index is 2.69. The summed E-state index contributed by atoms with van der Waals surface area (Å²) in [5, 5.41) is 0. The third kappa shape index (κ3) is 3.32. The van der Waals surface area contributed by atoms with Crippen molar-refractivity contribution in [2.75, 3.05) is 6.54 Å². The highest BCUT2D eigenvalue weighted by Gasteiger charge is 2.23. The van der Waals surface area contributed by atoms with E-state index in [4.69, 9.17) is 0 Å². The molecule has 0 saturated carbocycles. The number of nitrogens with zero attached hydrogens (tertiary/aromatic N) is 1. The molecule has 1 aliphatic heterocycles. The SMILES string of the molecule is Cc1cccc(CCN2C(C)CCCC2C)c1. The van der Waals surface area contributed by atoms with Gasteiger partial charge in [0.15, 0.2) is 0 Å². The Morgan fingerprint density at radius 1 is 1.18 bits per heavy atom. The van der Waals surface area contributed by atoms with Crippen molar-refractivity contribution in [2.45, 2.75) is 58.5 Å². The van der Waals surface area contributed by atoms with Crippen molar-refractivity contribution in [3.8, 4) is 0 Å². The predicted octanol–water partition coefficient (Wildman–Crippen LogP) is 3.80. The first-order valence-electron chi connectivity index (χ1n) is 6.98. The van der Waals surface area contributed by atoms with Gasteiger partial charge in [-0.3, -0.25) is 4.90 Å². The van der Waals surface area contributed by atoms with E-state index < -0.39 is 0 Å². The molecule has 17 heavy (non-hydrogen) atoms. The second-order valence-electron chi connectivity index (χ2n) is 5.61. The highest BCUT2D eigenvalue weighted by molar-refractivity contribution is 5.22. The molecule has 1 fully saturated rings. The Kier molecular flexibility index (Phi) is 4.22. The van der Waals surface area contributed by atoms with Crippen LogP contribution in [0.2, 0.25) is 0 Å². The molecule has 1 aromatic carbocycles. The summed E-state index contributed by atoms with van der Waals surface area (Å²) in [6.45, 7) is 8.15. The Bertz CT molecular complexity index is 348. The van der Waals surface area contributed by atoms with Crippen LogP contribution in [0.15, 0.2) is 24.3 Å². The lowest BCUT2D eigenvalue weighted by atomic mass is 9.96. The first-order valence-corrected chi connectivity index (χ1v) is 6.98. The lowest BCUT2D eigenvalue weighted by molar-refractivity contribution is 0.105. The Morgan fingerprint density at radius 3 is 2.53 bits per heavy atom. The van der Waals surface area contributed by atoms with Gasteiger partial charge in [0.25, 0.3) is 0 Å². The molecular formula is C16H25N. The van der Waals surface area contributed by atoms with E-state index in [0.717, 1.165) is 12.1 Å². The van der Waals surface area contributed by atoms with Gasteiger partial charge >= 0.3 is 0 Å². The molecule has 1 heterocycles. The van der Waals surface area contributed by atoms with E-state index in [2.05, 4.69) is 49.9 Å². The molecule has 1 aromatic rings. The Hall–Kier alpha value is -0.820. The average Bonchev–Trinajstić information content (AvgIpc) is 2.28. The zero-order chi connectivity index (χ0) is 12.3. The fourth-order valence-electron chi connectivity index (χ4n) is 3.04. The number of likely N-dealkylation sites (tertiary alicyclic amines) is 1. The summed E-state index contributed by atoms with van der Waals surface area (Å²) < 4.78 is 0. The molecule has 0 spiro atoms. The number of piperidine rings is 1. The van der Waals surface area contributed by atoms with Gasteiger partial charge in [0.05, 0.1) is 0 Å². The lowest BCUT2D eigenvalue weighted by Crippen LogP contribution is -2.44. The van der Waals surface area contributed by atoms with E-state index in [1.807, 2.05) is 0 Å². The van der Waals surface area contributed by atoms with Crippen molar-refractivity contribution >= 4 is 0 Å². The summed E-state index contributed by atoms with van der Waals surface area (Å²) in [6.07, 6.45) is 5.34. The number of hydrogen-bond acceptors (Lipinski definition) is 1. The van der Waals surface area contributed by atoms with Crippen LogP contribution in [-0.4, -0.2) is 23.5 Å². The number of benzene rings is 1. The van der Waals surface area contributed by atoms with Crippen LogP contribution in [0, 0.1) is 6.92 Å². The van der Waals surface area contributed by atoms with E-state index >= 15 is 0 Å². The van der Waals surface area contributed by atoms with Crippen LogP contribution in [0.25, 0.3) is 0 Å². The van der Waals surface area contributed by atoms with Crippen molar-refractivity contribution in [3.63, 3.8) is 0 Å². The van der Waals surface area contributed by atoms with Gasteiger partial charge in [-0.2, -0.15) is 0 Å². The van der Waals surface area contributed by atoms with Gasteiger partial charge in [-0.15, -0.1) is 0 Å². The summed E-state index contributed by atoms with van der Waals surface area (Å²) in [7, 11) is 0. The normalized spacial score (nSPS) is 26.1. The minimum absolute atomic E-state index is 0.767. The van der Waals surface area contributed by atoms with Gasteiger partial charge in [0, 0.05) is 18.6 Å². The smallest absolute Gasteiger partial charge is 0.00698 e. The number of aryl methyl sites for hydroxylation is 1. The molecule has 0 aliphatic carbocycles. The summed E-state index contributed by atoms with van der Waals surface area (Å²) in [4.78, 5) is 2.69. The molecule has 94 valence electrons. The minimum Gasteiger partial charge on any atom is -0.298 e. The van der Waals surface area contributed by atoms with Crippen LogP contribution < -0.4 is 0 Å². The quantitative estimate of drug-likeness (QED) is 0.765. The largest absolute Gasteiger partial charge is 0.298 e. The van der Waals surface area contributed by atoms with Crippen LogP contribution in [0.5, 0.6) is 0 Å². The molecule has 1 saturated heterocycles. The van der Waals surface area contributed by atoms with Crippen LogP contribution in [0.3, 0.4) is 0 Å². The van der Waals surface area contributed by atoms with Crippen LogP contribution >= 0.6 is 0 Å². The van der Waals surface area contributed by atoms with Gasteiger partial charge in [0.1, 0.15) is 0 Å². The molecule has 0 bridgehead atoms. The Labute approximate surface area is 106 Å². The van der Waals surface area contributed by atoms with Crippen molar-refractivity contribution in [2.24, 2.45) is 0 Å². The van der Waals surface area contributed by atoms with Crippen LogP contribution in [-0.2, 0) is 6.42 Å². The van der Waals surface area contributed by atoms with Gasteiger partial charge in [-0.25, -0.2) is 0 Å². The zero-order valence-corrected chi connectivity index (χ0v) is 11.4. The summed E-state index contributed by atoms with van der Waals surface area (Å²) in [5.74, 6) is 0. The van der Waals surface area contributed by atoms with Gasteiger partial charge in [-0.05, 0) is 45.6 Å². The first kappa shape index (κ1) is 12.6. The molecule has 2 rings (SSSR count).